The second kappa shape index (κ2) is 5.51. The third kappa shape index (κ3) is 2.67. The third-order valence-electron chi connectivity index (χ3n) is 3.15. The van der Waals surface area contributed by atoms with Crippen molar-refractivity contribution < 1.29 is 4.42 Å². The number of furan rings is 1. The Morgan fingerprint density at radius 3 is 2.95 bits per heavy atom. The van der Waals surface area contributed by atoms with Crippen molar-refractivity contribution in [1.82, 2.24) is 9.88 Å². The molecule has 4 heteroatoms. The molecule has 3 aromatic rings. The van der Waals surface area contributed by atoms with Gasteiger partial charge >= 0.3 is 0 Å². The van der Waals surface area contributed by atoms with Gasteiger partial charge in [0.25, 0.3) is 0 Å². The van der Waals surface area contributed by atoms with Gasteiger partial charge in [-0.15, -0.1) is 0 Å². The van der Waals surface area contributed by atoms with E-state index in [1.54, 1.807) is 6.26 Å². The molecule has 0 aliphatic carbocycles. The number of rotatable bonds is 5. The van der Waals surface area contributed by atoms with Gasteiger partial charge in [-0.25, -0.2) is 0 Å². The molecular formula is C15H15ClN2O. The molecule has 0 saturated heterocycles. The summed E-state index contributed by atoms with van der Waals surface area (Å²) < 4.78 is 7.44. The predicted octanol–water partition coefficient (Wildman–Crippen LogP) is 3.68. The highest BCUT2D eigenvalue weighted by Crippen LogP contribution is 2.24. The Morgan fingerprint density at radius 2 is 2.11 bits per heavy atom. The van der Waals surface area contributed by atoms with E-state index in [1.807, 2.05) is 24.3 Å². The quantitative estimate of drug-likeness (QED) is 0.720. The van der Waals surface area contributed by atoms with Crippen LogP contribution < -0.4 is 5.32 Å². The topological polar surface area (TPSA) is 30.1 Å². The summed E-state index contributed by atoms with van der Waals surface area (Å²) in [4.78, 5) is 0. The van der Waals surface area contributed by atoms with Crippen molar-refractivity contribution >= 4 is 22.5 Å². The molecule has 0 unspecified atom stereocenters. The Balaban J connectivity index is 1.62. The van der Waals surface area contributed by atoms with Crippen LogP contribution in [0.3, 0.4) is 0 Å². The summed E-state index contributed by atoms with van der Waals surface area (Å²) >= 11 is 6.24. The fourth-order valence-corrected chi connectivity index (χ4v) is 2.52. The summed E-state index contributed by atoms with van der Waals surface area (Å²) in [6.45, 7) is 2.50. The molecule has 19 heavy (non-hydrogen) atoms. The lowest BCUT2D eigenvalue weighted by molar-refractivity contribution is 0.477. The minimum absolute atomic E-state index is 0.750. The fraction of sp³-hybridized carbons (Fsp3) is 0.200. The molecule has 0 atom stereocenters. The number of hydrogen-bond donors (Lipinski definition) is 1. The standard InChI is InChI=1S/C15H15ClN2O/c16-14-5-1-3-12-6-8-18(15(12)14)9-7-17-11-13-4-2-10-19-13/h1-6,8,10,17H,7,9,11H2. The van der Waals surface area contributed by atoms with Crippen LogP contribution >= 0.6 is 11.6 Å². The third-order valence-corrected chi connectivity index (χ3v) is 3.45. The second-order valence-corrected chi connectivity index (χ2v) is 4.85. The molecule has 3 rings (SSSR count). The molecule has 2 heterocycles. The summed E-state index contributed by atoms with van der Waals surface area (Å²) in [5.41, 5.74) is 1.10. The van der Waals surface area contributed by atoms with Gasteiger partial charge in [0.15, 0.2) is 0 Å². The van der Waals surface area contributed by atoms with E-state index < -0.39 is 0 Å². The Morgan fingerprint density at radius 1 is 1.16 bits per heavy atom. The Hall–Kier alpha value is -1.71. The van der Waals surface area contributed by atoms with Gasteiger partial charge in [-0.05, 0) is 24.3 Å². The average molecular weight is 275 g/mol. The molecule has 0 fully saturated rings. The molecular weight excluding hydrogens is 260 g/mol. The summed E-state index contributed by atoms with van der Waals surface area (Å²) in [5.74, 6) is 0.954. The van der Waals surface area contributed by atoms with E-state index in [0.29, 0.717) is 0 Å². The Labute approximate surface area is 116 Å². The van der Waals surface area contributed by atoms with E-state index in [1.165, 1.54) is 5.39 Å². The summed E-state index contributed by atoms with van der Waals surface area (Å²) in [7, 11) is 0. The first-order valence-electron chi connectivity index (χ1n) is 6.31. The van der Waals surface area contributed by atoms with Crippen molar-refractivity contribution in [3.8, 4) is 0 Å². The van der Waals surface area contributed by atoms with Crippen molar-refractivity contribution in [3.05, 3.63) is 59.6 Å². The maximum absolute atomic E-state index is 6.24. The second-order valence-electron chi connectivity index (χ2n) is 4.44. The zero-order chi connectivity index (χ0) is 13.1. The number of para-hydroxylation sites is 1. The van der Waals surface area contributed by atoms with Crippen molar-refractivity contribution in [2.75, 3.05) is 6.54 Å². The maximum Gasteiger partial charge on any atom is 0.117 e. The monoisotopic (exact) mass is 274 g/mol. The molecule has 0 aliphatic rings. The van der Waals surface area contributed by atoms with Crippen molar-refractivity contribution in [1.29, 1.82) is 0 Å². The van der Waals surface area contributed by atoms with Crippen LogP contribution in [-0.4, -0.2) is 11.1 Å². The van der Waals surface area contributed by atoms with Crippen LogP contribution in [0.15, 0.2) is 53.3 Å². The number of hydrogen-bond acceptors (Lipinski definition) is 2. The lowest BCUT2D eigenvalue weighted by Crippen LogP contribution is -2.18. The zero-order valence-corrected chi connectivity index (χ0v) is 11.2. The van der Waals surface area contributed by atoms with Gasteiger partial charge < -0.3 is 14.3 Å². The highest BCUT2D eigenvalue weighted by molar-refractivity contribution is 6.35. The molecule has 1 aromatic carbocycles. The van der Waals surface area contributed by atoms with Gasteiger partial charge in [-0.3, -0.25) is 0 Å². The van der Waals surface area contributed by atoms with Crippen LogP contribution in [0.2, 0.25) is 5.02 Å². The first kappa shape index (κ1) is 12.3. The fourth-order valence-electron chi connectivity index (χ4n) is 2.22. The number of aromatic nitrogens is 1. The number of nitrogens with one attached hydrogen (secondary N) is 1. The first-order valence-corrected chi connectivity index (χ1v) is 6.69. The van der Waals surface area contributed by atoms with E-state index >= 15 is 0 Å². The molecule has 1 N–H and O–H groups in total. The SMILES string of the molecule is Clc1cccc2ccn(CCNCc3ccco3)c12. The van der Waals surface area contributed by atoms with E-state index in [-0.39, 0.29) is 0 Å². The average Bonchev–Trinajstić information content (AvgIpc) is 3.05. The summed E-state index contributed by atoms with van der Waals surface area (Å²) in [6, 6.07) is 11.9. The molecule has 0 bridgehead atoms. The summed E-state index contributed by atoms with van der Waals surface area (Å²) in [6.07, 6.45) is 3.77. The van der Waals surface area contributed by atoms with Crippen LogP contribution in [0.4, 0.5) is 0 Å². The Kier molecular flexibility index (Phi) is 3.58. The Bertz CT molecular complexity index is 658. The van der Waals surface area contributed by atoms with E-state index in [4.69, 9.17) is 16.0 Å². The van der Waals surface area contributed by atoms with Crippen LogP contribution in [0.1, 0.15) is 5.76 Å². The lowest BCUT2D eigenvalue weighted by Gasteiger charge is -2.07. The predicted molar refractivity (Wildman–Crippen MR) is 77.4 cm³/mol. The maximum atomic E-state index is 6.24. The van der Waals surface area contributed by atoms with Gasteiger partial charge in [-0.2, -0.15) is 0 Å². The lowest BCUT2D eigenvalue weighted by atomic mass is 10.2. The smallest absolute Gasteiger partial charge is 0.117 e. The highest BCUT2D eigenvalue weighted by atomic mass is 35.5. The van der Waals surface area contributed by atoms with Crippen LogP contribution in [-0.2, 0) is 13.1 Å². The van der Waals surface area contributed by atoms with Gasteiger partial charge in [0, 0.05) is 24.7 Å². The van der Waals surface area contributed by atoms with Crippen LogP contribution in [0.5, 0.6) is 0 Å². The van der Waals surface area contributed by atoms with E-state index in [2.05, 4.69) is 28.2 Å². The molecule has 3 nitrogen and oxygen atoms in total. The number of nitrogens with zero attached hydrogens (tertiary/aromatic N) is 1. The zero-order valence-electron chi connectivity index (χ0n) is 10.5. The number of benzene rings is 1. The van der Waals surface area contributed by atoms with Gasteiger partial charge in [0.1, 0.15) is 5.76 Å². The first-order chi connectivity index (χ1) is 9.34. The number of fused-ring (bicyclic) bond motifs is 1. The minimum Gasteiger partial charge on any atom is -0.468 e. The minimum atomic E-state index is 0.750. The molecule has 0 aliphatic heterocycles. The molecule has 2 aromatic heterocycles. The van der Waals surface area contributed by atoms with Crippen molar-refractivity contribution in [3.63, 3.8) is 0 Å². The molecule has 0 spiro atoms. The van der Waals surface area contributed by atoms with E-state index in [0.717, 1.165) is 35.9 Å². The van der Waals surface area contributed by atoms with Crippen molar-refractivity contribution in [2.24, 2.45) is 0 Å². The molecule has 98 valence electrons. The van der Waals surface area contributed by atoms with Crippen molar-refractivity contribution in [2.45, 2.75) is 13.1 Å². The van der Waals surface area contributed by atoms with Gasteiger partial charge in [-0.1, -0.05) is 23.7 Å². The largest absolute Gasteiger partial charge is 0.468 e. The number of halogens is 1. The molecule has 0 radical (unpaired) electrons. The normalized spacial score (nSPS) is 11.2. The van der Waals surface area contributed by atoms with Gasteiger partial charge in [0.05, 0.1) is 23.3 Å². The van der Waals surface area contributed by atoms with E-state index in [9.17, 15) is 0 Å². The van der Waals surface area contributed by atoms with Crippen LogP contribution in [0, 0.1) is 0 Å². The molecule has 0 saturated carbocycles. The summed E-state index contributed by atoms with van der Waals surface area (Å²) in [5, 5.41) is 5.33. The molecule has 0 amide bonds. The van der Waals surface area contributed by atoms with Gasteiger partial charge in [0.2, 0.25) is 0 Å². The van der Waals surface area contributed by atoms with Crippen LogP contribution in [0.25, 0.3) is 10.9 Å². The highest BCUT2D eigenvalue weighted by Gasteiger charge is 2.04.